The van der Waals surface area contributed by atoms with Crippen molar-refractivity contribution in [3.05, 3.63) is 69.3 Å². The second-order valence-electron chi connectivity index (χ2n) is 4.82. The number of fused-ring (bicyclic) bond motifs is 1. The maximum Gasteiger partial charge on any atom is 0.134 e. The van der Waals surface area contributed by atoms with E-state index in [0.29, 0.717) is 5.02 Å². The zero-order valence-corrected chi connectivity index (χ0v) is 13.9. The highest BCUT2D eigenvalue weighted by atomic mass is 79.9. The Hall–Kier alpha value is -1.29. The van der Waals surface area contributed by atoms with E-state index in [2.05, 4.69) is 34.2 Å². The van der Waals surface area contributed by atoms with Crippen molar-refractivity contribution in [2.24, 2.45) is 0 Å². The van der Waals surface area contributed by atoms with Gasteiger partial charge in [-0.3, -0.25) is 0 Å². The van der Waals surface area contributed by atoms with E-state index in [1.54, 1.807) is 0 Å². The number of benzene rings is 2. The summed E-state index contributed by atoms with van der Waals surface area (Å²) in [6, 6.07) is 16.0. The highest BCUT2D eigenvalue weighted by Gasteiger charge is 2.21. The molecular formula is C17H15BrClNO. The number of halogens is 2. The van der Waals surface area contributed by atoms with Gasteiger partial charge >= 0.3 is 0 Å². The summed E-state index contributed by atoms with van der Waals surface area (Å²) < 4.78 is 6.89. The SMILES string of the molecule is CCNC(c1cc2ccccc2o1)c1cccc(Br)c1Cl. The Labute approximate surface area is 137 Å². The second-order valence-corrected chi connectivity index (χ2v) is 6.05. The lowest BCUT2D eigenvalue weighted by Gasteiger charge is -2.18. The van der Waals surface area contributed by atoms with Crippen molar-refractivity contribution in [3.63, 3.8) is 0 Å². The fourth-order valence-electron chi connectivity index (χ4n) is 2.46. The van der Waals surface area contributed by atoms with Crippen LogP contribution in [0.3, 0.4) is 0 Å². The van der Waals surface area contributed by atoms with Crippen molar-refractivity contribution >= 4 is 38.5 Å². The Kier molecular flexibility index (Phi) is 4.34. The quantitative estimate of drug-likeness (QED) is 0.657. The average Bonchev–Trinajstić information content (AvgIpc) is 2.91. The summed E-state index contributed by atoms with van der Waals surface area (Å²) in [6.45, 7) is 2.89. The molecule has 0 bridgehead atoms. The molecule has 1 heterocycles. The first-order chi connectivity index (χ1) is 10.2. The third kappa shape index (κ3) is 2.86. The van der Waals surface area contributed by atoms with Crippen LogP contribution < -0.4 is 5.32 Å². The number of para-hydroxylation sites is 1. The first-order valence-corrected chi connectivity index (χ1v) is 8.03. The first-order valence-electron chi connectivity index (χ1n) is 6.86. The zero-order chi connectivity index (χ0) is 14.8. The minimum atomic E-state index is -0.0626. The predicted molar refractivity (Wildman–Crippen MR) is 90.9 cm³/mol. The van der Waals surface area contributed by atoms with Gasteiger partial charge in [0.1, 0.15) is 11.3 Å². The monoisotopic (exact) mass is 363 g/mol. The van der Waals surface area contributed by atoms with E-state index in [4.69, 9.17) is 16.0 Å². The van der Waals surface area contributed by atoms with Crippen molar-refractivity contribution in [1.29, 1.82) is 0 Å². The molecule has 2 aromatic carbocycles. The number of hydrogen-bond acceptors (Lipinski definition) is 2. The molecule has 3 aromatic rings. The summed E-state index contributed by atoms with van der Waals surface area (Å²) in [7, 11) is 0. The van der Waals surface area contributed by atoms with Crippen molar-refractivity contribution in [3.8, 4) is 0 Å². The Morgan fingerprint density at radius 1 is 1.19 bits per heavy atom. The zero-order valence-electron chi connectivity index (χ0n) is 11.6. The van der Waals surface area contributed by atoms with Gasteiger partial charge in [0.15, 0.2) is 0 Å². The van der Waals surface area contributed by atoms with E-state index in [9.17, 15) is 0 Å². The Balaban J connectivity index is 2.10. The smallest absolute Gasteiger partial charge is 0.134 e. The van der Waals surface area contributed by atoms with Crippen LogP contribution in [0, 0.1) is 0 Å². The molecule has 0 saturated carbocycles. The minimum Gasteiger partial charge on any atom is -0.459 e. The Morgan fingerprint density at radius 3 is 2.76 bits per heavy atom. The summed E-state index contributed by atoms with van der Waals surface area (Å²) in [6.07, 6.45) is 0. The third-order valence-electron chi connectivity index (χ3n) is 3.43. The van der Waals surface area contributed by atoms with Crippen LogP contribution in [0.25, 0.3) is 11.0 Å². The standard InChI is InChI=1S/C17H15BrClNO/c1-2-20-17(12-7-5-8-13(18)16(12)19)15-10-11-6-3-4-9-14(11)21-15/h3-10,17,20H,2H2,1H3. The summed E-state index contributed by atoms with van der Waals surface area (Å²) in [5, 5.41) is 5.26. The summed E-state index contributed by atoms with van der Waals surface area (Å²) in [5.41, 5.74) is 1.90. The maximum atomic E-state index is 6.44. The molecule has 0 aliphatic carbocycles. The van der Waals surface area contributed by atoms with Crippen LogP contribution in [0.1, 0.15) is 24.3 Å². The van der Waals surface area contributed by atoms with Gasteiger partial charge in [0.05, 0.1) is 11.1 Å². The minimum absolute atomic E-state index is 0.0626. The van der Waals surface area contributed by atoms with Crippen LogP contribution in [0.5, 0.6) is 0 Å². The molecule has 2 nitrogen and oxygen atoms in total. The molecule has 0 aliphatic heterocycles. The number of furan rings is 1. The second kappa shape index (κ2) is 6.22. The topological polar surface area (TPSA) is 25.2 Å². The molecule has 1 N–H and O–H groups in total. The highest BCUT2D eigenvalue weighted by molar-refractivity contribution is 9.10. The van der Waals surface area contributed by atoms with Crippen LogP contribution in [0.2, 0.25) is 5.02 Å². The van der Waals surface area contributed by atoms with Gasteiger partial charge < -0.3 is 9.73 Å². The van der Waals surface area contributed by atoms with Gasteiger partial charge in [0.2, 0.25) is 0 Å². The molecule has 1 aromatic heterocycles. The van der Waals surface area contributed by atoms with Crippen LogP contribution in [-0.4, -0.2) is 6.54 Å². The highest BCUT2D eigenvalue weighted by Crippen LogP contribution is 2.35. The van der Waals surface area contributed by atoms with Crippen LogP contribution >= 0.6 is 27.5 Å². The lowest BCUT2D eigenvalue weighted by atomic mass is 10.0. The summed E-state index contributed by atoms with van der Waals surface area (Å²) in [5.74, 6) is 0.873. The van der Waals surface area contributed by atoms with E-state index >= 15 is 0 Å². The van der Waals surface area contributed by atoms with Crippen molar-refractivity contribution in [2.45, 2.75) is 13.0 Å². The fourth-order valence-corrected chi connectivity index (χ4v) is 3.07. The lowest BCUT2D eigenvalue weighted by Crippen LogP contribution is -2.21. The molecule has 21 heavy (non-hydrogen) atoms. The molecule has 0 spiro atoms. The van der Waals surface area contributed by atoms with Gasteiger partial charge in [-0.25, -0.2) is 0 Å². The van der Waals surface area contributed by atoms with Gasteiger partial charge in [0.25, 0.3) is 0 Å². The number of nitrogens with one attached hydrogen (secondary N) is 1. The van der Waals surface area contributed by atoms with Crippen LogP contribution in [0.15, 0.2) is 57.4 Å². The van der Waals surface area contributed by atoms with E-state index < -0.39 is 0 Å². The van der Waals surface area contributed by atoms with Gasteiger partial charge in [-0.2, -0.15) is 0 Å². The summed E-state index contributed by atoms with van der Waals surface area (Å²) in [4.78, 5) is 0. The molecule has 0 radical (unpaired) electrons. The third-order valence-corrected chi connectivity index (χ3v) is 4.74. The largest absolute Gasteiger partial charge is 0.459 e. The molecule has 0 fully saturated rings. The van der Waals surface area contributed by atoms with Gasteiger partial charge in [-0.05, 0) is 46.2 Å². The van der Waals surface area contributed by atoms with Crippen LogP contribution in [-0.2, 0) is 0 Å². The van der Waals surface area contributed by atoms with E-state index in [1.807, 2.05) is 42.5 Å². The van der Waals surface area contributed by atoms with E-state index in [0.717, 1.165) is 33.3 Å². The molecule has 1 unspecified atom stereocenters. The predicted octanol–water partition coefficient (Wildman–Crippen LogP) is 5.55. The van der Waals surface area contributed by atoms with Crippen molar-refractivity contribution < 1.29 is 4.42 Å². The van der Waals surface area contributed by atoms with Crippen molar-refractivity contribution in [2.75, 3.05) is 6.54 Å². The molecule has 0 saturated heterocycles. The molecule has 0 amide bonds. The Bertz CT molecular complexity index is 735. The van der Waals surface area contributed by atoms with Gasteiger partial charge in [0, 0.05) is 9.86 Å². The molecule has 4 heteroatoms. The molecule has 0 aliphatic rings. The maximum absolute atomic E-state index is 6.44. The normalized spacial score (nSPS) is 12.7. The van der Waals surface area contributed by atoms with E-state index in [1.165, 1.54) is 0 Å². The van der Waals surface area contributed by atoms with Crippen LogP contribution in [0.4, 0.5) is 0 Å². The summed E-state index contributed by atoms with van der Waals surface area (Å²) >= 11 is 9.93. The van der Waals surface area contributed by atoms with E-state index in [-0.39, 0.29) is 6.04 Å². The fraction of sp³-hybridized carbons (Fsp3) is 0.176. The first kappa shape index (κ1) is 14.6. The number of hydrogen-bond donors (Lipinski definition) is 1. The Morgan fingerprint density at radius 2 is 2.00 bits per heavy atom. The average molecular weight is 365 g/mol. The number of rotatable bonds is 4. The van der Waals surface area contributed by atoms with Gasteiger partial charge in [-0.1, -0.05) is 48.9 Å². The lowest BCUT2D eigenvalue weighted by molar-refractivity contribution is 0.477. The van der Waals surface area contributed by atoms with Gasteiger partial charge in [-0.15, -0.1) is 0 Å². The molecule has 1 atom stereocenters. The molecule has 108 valence electrons. The van der Waals surface area contributed by atoms with Crippen molar-refractivity contribution in [1.82, 2.24) is 5.32 Å². The molecule has 3 rings (SSSR count). The molecular weight excluding hydrogens is 350 g/mol.